The number of pyridine rings is 1. The van der Waals surface area contributed by atoms with E-state index in [0.29, 0.717) is 5.56 Å². The van der Waals surface area contributed by atoms with E-state index < -0.39 is 16.6 Å². The number of carbonyl (C=O) groups is 1. The fraction of sp³-hybridized carbons (Fsp3) is 0.455. The lowest BCUT2D eigenvalue weighted by Gasteiger charge is -2.19. The van der Waals surface area contributed by atoms with Gasteiger partial charge in [-0.3, -0.25) is 15.1 Å². The van der Waals surface area contributed by atoms with Crippen LogP contribution in [0.2, 0.25) is 0 Å². The SMILES string of the molecule is CC(C)(C)OC(=O)NCc1cncc([N+](=O)[O-])c1.Cl.Cl. The second kappa shape index (κ2) is 8.55. The third kappa shape index (κ3) is 7.75. The van der Waals surface area contributed by atoms with Crippen molar-refractivity contribution in [1.82, 2.24) is 10.3 Å². The highest BCUT2D eigenvalue weighted by Crippen LogP contribution is 2.11. The van der Waals surface area contributed by atoms with Crippen molar-refractivity contribution in [2.24, 2.45) is 0 Å². The molecule has 0 atom stereocenters. The van der Waals surface area contributed by atoms with Crippen LogP contribution < -0.4 is 5.32 Å². The number of nitrogens with one attached hydrogen (secondary N) is 1. The summed E-state index contributed by atoms with van der Waals surface area (Å²) in [5, 5.41) is 13.0. The molecule has 1 heterocycles. The minimum atomic E-state index is -0.578. The maximum absolute atomic E-state index is 11.4. The topological polar surface area (TPSA) is 94.4 Å². The molecule has 0 saturated carbocycles. The summed E-state index contributed by atoms with van der Waals surface area (Å²) in [6.07, 6.45) is 2.02. The largest absolute Gasteiger partial charge is 0.444 e. The summed E-state index contributed by atoms with van der Waals surface area (Å²) in [7, 11) is 0. The molecule has 114 valence electrons. The van der Waals surface area contributed by atoms with Gasteiger partial charge in [0.25, 0.3) is 5.69 Å². The number of hydrogen-bond acceptors (Lipinski definition) is 5. The van der Waals surface area contributed by atoms with E-state index in [-0.39, 0.29) is 37.0 Å². The Bertz CT molecular complexity index is 463. The summed E-state index contributed by atoms with van der Waals surface area (Å²) in [6, 6.07) is 1.35. The molecule has 0 saturated heterocycles. The Morgan fingerprint density at radius 2 is 2.00 bits per heavy atom. The molecular formula is C11H17Cl2N3O4. The number of nitro groups is 1. The first-order valence-electron chi connectivity index (χ1n) is 5.33. The summed E-state index contributed by atoms with van der Waals surface area (Å²) in [5.74, 6) is 0. The van der Waals surface area contributed by atoms with Crippen LogP contribution in [0, 0.1) is 10.1 Å². The molecule has 0 fully saturated rings. The number of alkyl carbamates (subject to hydrolysis) is 1. The molecular weight excluding hydrogens is 309 g/mol. The van der Waals surface area contributed by atoms with E-state index in [1.54, 1.807) is 20.8 Å². The summed E-state index contributed by atoms with van der Waals surface area (Å²) < 4.78 is 5.03. The Morgan fingerprint density at radius 3 is 2.50 bits per heavy atom. The van der Waals surface area contributed by atoms with Gasteiger partial charge in [0.1, 0.15) is 11.8 Å². The van der Waals surface area contributed by atoms with Crippen molar-refractivity contribution in [3.05, 3.63) is 34.1 Å². The van der Waals surface area contributed by atoms with Gasteiger partial charge in [-0.2, -0.15) is 0 Å². The van der Waals surface area contributed by atoms with E-state index in [1.807, 2.05) is 0 Å². The molecule has 0 unspecified atom stereocenters. The zero-order valence-electron chi connectivity index (χ0n) is 11.3. The molecule has 0 aromatic carbocycles. The van der Waals surface area contributed by atoms with Crippen molar-refractivity contribution >= 4 is 36.6 Å². The quantitative estimate of drug-likeness (QED) is 0.681. The first-order valence-corrected chi connectivity index (χ1v) is 5.33. The highest BCUT2D eigenvalue weighted by atomic mass is 35.5. The van der Waals surface area contributed by atoms with Gasteiger partial charge in [-0.05, 0) is 26.3 Å². The van der Waals surface area contributed by atoms with Gasteiger partial charge in [0, 0.05) is 18.8 Å². The van der Waals surface area contributed by atoms with Crippen molar-refractivity contribution < 1.29 is 14.5 Å². The highest BCUT2D eigenvalue weighted by Gasteiger charge is 2.16. The van der Waals surface area contributed by atoms with Gasteiger partial charge < -0.3 is 10.1 Å². The Hall–Kier alpha value is -1.60. The molecule has 1 N–H and O–H groups in total. The van der Waals surface area contributed by atoms with Crippen molar-refractivity contribution in [2.45, 2.75) is 32.9 Å². The normalized spacial score (nSPS) is 9.75. The smallest absolute Gasteiger partial charge is 0.407 e. The highest BCUT2D eigenvalue weighted by molar-refractivity contribution is 5.85. The number of ether oxygens (including phenoxy) is 1. The van der Waals surface area contributed by atoms with Crippen molar-refractivity contribution in [2.75, 3.05) is 0 Å². The predicted molar refractivity (Wildman–Crippen MR) is 78.5 cm³/mol. The number of carbonyl (C=O) groups excluding carboxylic acids is 1. The third-order valence-corrected chi connectivity index (χ3v) is 1.83. The monoisotopic (exact) mass is 325 g/mol. The summed E-state index contributed by atoms with van der Waals surface area (Å²) >= 11 is 0. The van der Waals surface area contributed by atoms with Crippen LogP contribution in [0.25, 0.3) is 0 Å². The third-order valence-electron chi connectivity index (χ3n) is 1.83. The van der Waals surface area contributed by atoms with Crippen LogP contribution in [-0.4, -0.2) is 21.6 Å². The first-order chi connectivity index (χ1) is 8.28. The maximum atomic E-state index is 11.4. The van der Waals surface area contributed by atoms with Crippen LogP contribution in [-0.2, 0) is 11.3 Å². The van der Waals surface area contributed by atoms with Crippen LogP contribution in [0.4, 0.5) is 10.5 Å². The molecule has 0 aliphatic carbocycles. The molecule has 7 nitrogen and oxygen atoms in total. The number of aromatic nitrogens is 1. The number of rotatable bonds is 3. The average Bonchev–Trinajstić information content (AvgIpc) is 2.24. The van der Waals surface area contributed by atoms with Crippen molar-refractivity contribution in [3.63, 3.8) is 0 Å². The number of amides is 1. The van der Waals surface area contributed by atoms with Gasteiger partial charge in [0.2, 0.25) is 0 Å². The standard InChI is InChI=1S/C11H15N3O4.2ClH/c1-11(2,3)18-10(15)13-6-8-4-9(14(16)17)7-12-5-8;;/h4-5,7H,6H2,1-3H3,(H,13,15);2*1H. The Morgan fingerprint density at radius 1 is 1.40 bits per heavy atom. The molecule has 0 aliphatic heterocycles. The lowest BCUT2D eigenvalue weighted by molar-refractivity contribution is -0.385. The van der Waals surface area contributed by atoms with E-state index >= 15 is 0 Å². The number of nitrogens with zero attached hydrogens (tertiary/aromatic N) is 2. The Labute approximate surface area is 129 Å². The second-order valence-corrected chi connectivity index (χ2v) is 4.66. The van der Waals surface area contributed by atoms with Gasteiger partial charge in [-0.25, -0.2) is 4.79 Å². The summed E-state index contributed by atoms with van der Waals surface area (Å²) in [6.45, 7) is 5.38. The Kier molecular flexibility index (Phi) is 8.85. The van der Waals surface area contributed by atoms with Gasteiger partial charge in [-0.1, -0.05) is 0 Å². The average molecular weight is 326 g/mol. The Balaban J connectivity index is 0. The minimum absolute atomic E-state index is 0. The molecule has 1 aromatic rings. The van der Waals surface area contributed by atoms with E-state index in [4.69, 9.17) is 4.74 Å². The maximum Gasteiger partial charge on any atom is 0.407 e. The van der Waals surface area contributed by atoms with E-state index in [1.165, 1.54) is 12.3 Å². The summed E-state index contributed by atoms with van der Waals surface area (Å²) in [5.41, 5.74) is -0.154. The van der Waals surface area contributed by atoms with Crippen LogP contribution in [0.1, 0.15) is 26.3 Å². The molecule has 1 rings (SSSR count). The van der Waals surface area contributed by atoms with E-state index in [0.717, 1.165) is 6.20 Å². The zero-order valence-corrected chi connectivity index (χ0v) is 12.9. The molecule has 1 amide bonds. The minimum Gasteiger partial charge on any atom is -0.444 e. The van der Waals surface area contributed by atoms with Gasteiger partial charge in [0.15, 0.2) is 0 Å². The number of hydrogen-bond donors (Lipinski definition) is 1. The molecule has 0 spiro atoms. The van der Waals surface area contributed by atoms with E-state index in [9.17, 15) is 14.9 Å². The van der Waals surface area contributed by atoms with Crippen LogP contribution in [0.3, 0.4) is 0 Å². The van der Waals surface area contributed by atoms with Crippen LogP contribution >= 0.6 is 24.8 Å². The molecule has 1 aromatic heterocycles. The van der Waals surface area contributed by atoms with Crippen LogP contribution in [0.5, 0.6) is 0 Å². The lowest BCUT2D eigenvalue weighted by atomic mass is 10.2. The predicted octanol–water partition coefficient (Wildman–Crippen LogP) is 2.86. The van der Waals surface area contributed by atoms with Gasteiger partial charge in [0.05, 0.1) is 4.92 Å². The van der Waals surface area contributed by atoms with Crippen molar-refractivity contribution in [3.8, 4) is 0 Å². The molecule has 9 heteroatoms. The van der Waals surface area contributed by atoms with E-state index in [2.05, 4.69) is 10.3 Å². The van der Waals surface area contributed by atoms with Crippen molar-refractivity contribution in [1.29, 1.82) is 0 Å². The molecule has 20 heavy (non-hydrogen) atoms. The van der Waals surface area contributed by atoms with Crippen LogP contribution in [0.15, 0.2) is 18.5 Å². The van der Waals surface area contributed by atoms with Gasteiger partial charge in [-0.15, -0.1) is 24.8 Å². The fourth-order valence-corrected chi connectivity index (χ4v) is 1.16. The first kappa shape index (κ1) is 20.7. The molecule has 0 bridgehead atoms. The summed E-state index contributed by atoms with van der Waals surface area (Å²) in [4.78, 5) is 25.1. The number of halogens is 2. The zero-order chi connectivity index (χ0) is 13.8. The molecule has 0 aliphatic rings. The fourth-order valence-electron chi connectivity index (χ4n) is 1.16. The second-order valence-electron chi connectivity index (χ2n) is 4.66. The van der Waals surface area contributed by atoms with Gasteiger partial charge >= 0.3 is 6.09 Å². The molecule has 0 radical (unpaired) electrons. The lowest BCUT2D eigenvalue weighted by Crippen LogP contribution is -2.32.